The van der Waals surface area contributed by atoms with Gasteiger partial charge in [-0.25, -0.2) is 13.1 Å². The first-order chi connectivity index (χ1) is 14.4. The molecule has 0 atom stereocenters. The van der Waals surface area contributed by atoms with Crippen LogP contribution >= 0.6 is 0 Å². The number of aromatic nitrogens is 3. The Morgan fingerprint density at radius 1 is 0.900 bits per heavy atom. The minimum atomic E-state index is -3.39. The van der Waals surface area contributed by atoms with Crippen LogP contribution in [0.3, 0.4) is 0 Å². The van der Waals surface area contributed by atoms with E-state index in [0.29, 0.717) is 28.8 Å². The molecule has 0 unspecified atom stereocenters. The third kappa shape index (κ3) is 4.06. The highest BCUT2D eigenvalue weighted by atomic mass is 32.2. The van der Waals surface area contributed by atoms with Gasteiger partial charge in [0.2, 0.25) is 0 Å². The maximum Gasteiger partial charge on any atom is 0.275 e. The van der Waals surface area contributed by atoms with Crippen molar-refractivity contribution in [3.63, 3.8) is 0 Å². The van der Waals surface area contributed by atoms with Crippen molar-refractivity contribution in [1.29, 1.82) is 0 Å². The number of sulfone groups is 1. The quantitative estimate of drug-likeness (QED) is 0.497. The normalized spacial score (nSPS) is 11.4. The topological polar surface area (TPSA) is 81.9 Å². The highest BCUT2D eigenvalue weighted by molar-refractivity contribution is 7.90. The maximum atomic E-state index is 13.4. The van der Waals surface area contributed by atoms with E-state index in [9.17, 15) is 13.2 Å². The maximum absolute atomic E-state index is 13.4. The lowest BCUT2D eigenvalue weighted by Gasteiger charge is -2.13. The van der Waals surface area contributed by atoms with E-state index in [1.54, 1.807) is 48.9 Å². The summed E-state index contributed by atoms with van der Waals surface area (Å²) in [5, 5.41) is 4.36. The van der Waals surface area contributed by atoms with Crippen molar-refractivity contribution in [2.45, 2.75) is 11.4 Å². The number of nitrogens with zero attached hydrogens (tertiary/aromatic N) is 3. The third-order valence-electron chi connectivity index (χ3n) is 4.74. The van der Waals surface area contributed by atoms with Crippen LogP contribution in [0, 0.1) is 0 Å². The Kier molecular flexibility index (Phi) is 5.29. The van der Waals surface area contributed by atoms with Crippen molar-refractivity contribution >= 4 is 9.84 Å². The third-order valence-corrected chi connectivity index (χ3v) is 5.85. The second-order valence-electron chi connectivity index (χ2n) is 6.92. The molecule has 6 nitrogen and oxygen atoms in total. The summed E-state index contributed by atoms with van der Waals surface area (Å²) in [6.07, 6.45) is 6.02. The van der Waals surface area contributed by atoms with E-state index >= 15 is 0 Å². The molecule has 0 spiro atoms. The molecule has 0 radical (unpaired) electrons. The van der Waals surface area contributed by atoms with Crippen LogP contribution in [-0.2, 0) is 16.4 Å². The molecule has 0 aliphatic carbocycles. The van der Waals surface area contributed by atoms with Gasteiger partial charge in [-0.1, -0.05) is 48.5 Å². The van der Waals surface area contributed by atoms with E-state index in [4.69, 9.17) is 0 Å². The van der Waals surface area contributed by atoms with Gasteiger partial charge in [0, 0.05) is 29.8 Å². The van der Waals surface area contributed by atoms with Crippen LogP contribution in [0.4, 0.5) is 0 Å². The Hall–Kier alpha value is -3.58. The summed E-state index contributed by atoms with van der Waals surface area (Å²) in [6.45, 7) is 0.330. The number of hydrogen-bond donors (Lipinski definition) is 0. The van der Waals surface area contributed by atoms with Gasteiger partial charge in [-0.3, -0.25) is 9.78 Å². The first kappa shape index (κ1) is 19.7. The highest BCUT2D eigenvalue weighted by Gasteiger charge is 2.17. The monoisotopic (exact) mass is 417 g/mol. The second kappa shape index (κ2) is 8.04. The van der Waals surface area contributed by atoms with Crippen molar-refractivity contribution < 1.29 is 8.42 Å². The zero-order valence-electron chi connectivity index (χ0n) is 16.3. The van der Waals surface area contributed by atoms with Crippen molar-refractivity contribution in [3.8, 4) is 22.3 Å². The van der Waals surface area contributed by atoms with Crippen LogP contribution in [0.1, 0.15) is 5.56 Å². The fourth-order valence-electron chi connectivity index (χ4n) is 3.26. The molecule has 0 saturated heterocycles. The predicted octanol–water partition coefficient (Wildman–Crippen LogP) is 3.42. The molecule has 0 aliphatic heterocycles. The average Bonchev–Trinajstić information content (AvgIpc) is 2.76. The zero-order chi connectivity index (χ0) is 21.1. The summed E-state index contributed by atoms with van der Waals surface area (Å²) in [5.74, 6) is 0. The molecule has 0 aliphatic rings. The lowest BCUT2D eigenvalue weighted by atomic mass is 9.98. The molecule has 0 saturated carbocycles. The van der Waals surface area contributed by atoms with E-state index in [2.05, 4.69) is 10.1 Å². The van der Waals surface area contributed by atoms with E-state index < -0.39 is 9.84 Å². The molecule has 2 aromatic heterocycles. The van der Waals surface area contributed by atoms with Gasteiger partial charge in [0.05, 0.1) is 23.2 Å². The molecule has 0 amide bonds. The molecule has 0 N–H and O–H groups in total. The minimum absolute atomic E-state index is 0.186. The summed E-state index contributed by atoms with van der Waals surface area (Å²) in [7, 11) is -3.39. The van der Waals surface area contributed by atoms with Gasteiger partial charge in [-0.05, 0) is 29.3 Å². The van der Waals surface area contributed by atoms with Crippen molar-refractivity contribution in [1.82, 2.24) is 14.8 Å². The van der Waals surface area contributed by atoms with Gasteiger partial charge in [0.15, 0.2) is 9.84 Å². The van der Waals surface area contributed by atoms with Gasteiger partial charge in [-0.15, -0.1) is 0 Å². The van der Waals surface area contributed by atoms with Gasteiger partial charge in [-0.2, -0.15) is 5.10 Å². The van der Waals surface area contributed by atoms with Gasteiger partial charge in [0.25, 0.3) is 5.56 Å². The van der Waals surface area contributed by atoms with Gasteiger partial charge in [0.1, 0.15) is 0 Å². The van der Waals surface area contributed by atoms with Crippen LogP contribution in [0.15, 0.2) is 95.0 Å². The van der Waals surface area contributed by atoms with Gasteiger partial charge >= 0.3 is 0 Å². The van der Waals surface area contributed by atoms with Crippen molar-refractivity contribution in [2.75, 3.05) is 6.26 Å². The first-order valence-electron chi connectivity index (χ1n) is 9.28. The summed E-state index contributed by atoms with van der Waals surface area (Å²) >= 11 is 0. The molecule has 2 aromatic carbocycles. The van der Waals surface area contributed by atoms with E-state index in [1.807, 2.05) is 30.3 Å². The van der Waals surface area contributed by atoms with E-state index in [-0.39, 0.29) is 10.5 Å². The summed E-state index contributed by atoms with van der Waals surface area (Å²) in [6, 6.07) is 19.7. The largest absolute Gasteiger partial charge is 0.275 e. The molecule has 4 rings (SSSR count). The number of benzene rings is 2. The number of rotatable bonds is 5. The molecule has 4 aromatic rings. The Morgan fingerprint density at radius 2 is 1.67 bits per heavy atom. The van der Waals surface area contributed by atoms with Crippen LogP contribution in [-0.4, -0.2) is 29.4 Å². The van der Waals surface area contributed by atoms with Gasteiger partial charge < -0.3 is 0 Å². The zero-order valence-corrected chi connectivity index (χ0v) is 17.1. The lowest BCUT2D eigenvalue weighted by molar-refractivity contribution is 0.602. The van der Waals surface area contributed by atoms with Crippen molar-refractivity contribution in [3.05, 3.63) is 101 Å². The fraction of sp³-hybridized carbons (Fsp3) is 0.0870. The van der Waals surface area contributed by atoms with Crippen LogP contribution in [0.5, 0.6) is 0 Å². The van der Waals surface area contributed by atoms with Crippen LogP contribution < -0.4 is 5.56 Å². The second-order valence-corrected chi connectivity index (χ2v) is 8.94. The SMILES string of the molecule is CS(=O)(=O)c1cccc(-c2cnn(Cc3ccccc3)c(=O)c2-c2cccnc2)c1. The highest BCUT2D eigenvalue weighted by Crippen LogP contribution is 2.29. The Morgan fingerprint density at radius 3 is 2.37 bits per heavy atom. The standard InChI is InChI=1S/C23H19N3O3S/c1-30(28,29)20-11-5-9-18(13-20)21-15-25-26(16-17-7-3-2-4-8-17)23(27)22(21)19-10-6-12-24-14-19/h2-15H,16H2,1H3. The summed E-state index contributed by atoms with van der Waals surface area (Å²) in [4.78, 5) is 17.7. The average molecular weight is 417 g/mol. The van der Waals surface area contributed by atoms with E-state index in [0.717, 1.165) is 11.8 Å². The van der Waals surface area contributed by atoms with Crippen LogP contribution in [0.2, 0.25) is 0 Å². The van der Waals surface area contributed by atoms with E-state index in [1.165, 1.54) is 10.7 Å². The Bertz CT molecular complexity index is 1350. The summed E-state index contributed by atoms with van der Waals surface area (Å²) in [5.41, 5.74) is 2.92. The minimum Gasteiger partial charge on any atom is -0.267 e. The first-order valence-corrected chi connectivity index (χ1v) is 11.2. The summed E-state index contributed by atoms with van der Waals surface area (Å²) < 4.78 is 25.4. The molecule has 0 fully saturated rings. The number of pyridine rings is 1. The Balaban J connectivity index is 1.92. The fourth-order valence-corrected chi connectivity index (χ4v) is 3.93. The molecule has 2 heterocycles. The molecule has 0 bridgehead atoms. The smallest absolute Gasteiger partial charge is 0.267 e. The number of hydrogen-bond acceptors (Lipinski definition) is 5. The molecular weight excluding hydrogens is 398 g/mol. The molecular formula is C23H19N3O3S. The lowest BCUT2D eigenvalue weighted by Crippen LogP contribution is -2.25. The van der Waals surface area contributed by atoms with Crippen LogP contribution in [0.25, 0.3) is 22.3 Å². The van der Waals surface area contributed by atoms with Crippen molar-refractivity contribution in [2.24, 2.45) is 0 Å². The molecule has 150 valence electrons. The Labute approximate surface area is 174 Å². The molecule has 7 heteroatoms. The molecule has 30 heavy (non-hydrogen) atoms. The predicted molar refractivity (Wildman–Crippen MR) is 116 cm³/mol.